The highest BCUT2D eigenvalue weighted by atomic mass is 19.1. The highest BCUT2D eigenvalue weighted by Gasteiger charge is 2.23. The molecule has 1 aromatic carbocycles. The number of carbonyl (C=O) groups is 1. The number of hydrogen-bond acceptors (Lipinski definition) is 8. The number of rotatable bonds is 8. The summed E-state index contributed by atoms with van der Waals surface area (Å²) in [5.41, 5.74) is 4.59. The second-order valence-electron chi connectivity index (χ2n) is 6.59. The number of nitrogens with zero attached hydrogens (tertiary/aromatic N) is 4. The Morgan fingerprint density at radius 1 is 1.14 bits per heavy atom. The molecule has 0 spiro atoms. The molecule has 11 heteroatoms. The minimum absolute atomic E-state index is 0.0699. The number of carbonyl (C=O) groups excluding carboxylic acids is 1. The van der Waals surface area contributed by atoms with Crippen LogP contribution in [0.4, 0.5) is 21.7 Å². The van der Waals surface area contributed by atoms with Gasteiger partial charge in [-0.05, 0) is 50.2 Å². The van der Waals surface area contributed by atoms with E-state index in [0.717, 1.165) is 44.6 Å². The molecule has 1 aromatic heterocycles. The summed E-state index contributed by atoms with van der Waals surface area (Å²) in [6.07, 6.45) is 4.73. The maximum Gasteiger partial charge on any atom is 0.354 e. The third-order valence-electron chi connectivity index (χ3n) is 4.57. The highest BCUT2D eigenvalue weighted by molar-refractivity contribution is 5.95. The Kier molecular flexibility index (Phi) is 6.85. The van der Waals surface area contributed by atoms with E-state index in [0.29, 0.717) is 6.54 Å². The molecular weight excluding hydrogens is 381 g/mol. The van der Waals surface area contributed by atoms with Gasteiger partial charge in [0.2, 0.25) is 11.6 Å². The summed E-state index contributed by atoms with van der Waals surface area (Å²) in [4.78, 5) is 33.1. The van der Waals surface area contributed by atoms with Crippen LogP contribution in [0.25, 0.3) is 0 Å². The Morgan fingerprint density at radius 3 is 2.52 bits per heavy atom. The molecule has 0 radical (unpaired) electrons. The quantitative estimate of drug-likeness (QED) is 0.452. The molecule has 1 saturated heterocycles. The molecule has 3 rings (SSSR count). The van der Waals surface area contributed by atoms with Crippen molar-refractivity contribution in [1.82, 2.24) is 20.3 Å². The molecule has 1 aliphatic rings. The second kappa shape index (κ2) is 9.73. The fourth-order valence-electron chi connectivity index (χ4n) is 3.08. The summed E-state index contributed by atoms with van der Waals surface area (Å²) < 4.78 is 13.0. The fraction of sp³-hybridized carbons (Fsp3) is 0.389. The number of hydrogen-bond donors (Lipinski definition) is 3. The number of likely N-dealkylation sites (tertiary alicyclic amines) is 1. The minimum Gasteiger partial charge on any atom is -0.363 e. The maximum atomic E-state index is 13.0. The van der Waals surface area contributed by atoms with Gasteiger partial charge in [-0.3, -0.25) is 25.8 Å². The minimum atomic E-state index is -0.615. The van der Waals surface area contributed by atoms with Crippen molar-refractivity contribution >= 4 is 23.2 Å². The first kappa shape index (κ1) is 20.4. The predicted molar refractivity (Wildman–Crippen MR) is 105 cm³/mol. The van der Waals surface area contributed by atoms with Gasteiger partial charge in [-0.1, -0.05) is 6.42 Å². The number of anilines is 2. The third-order valence-corrected chi connectivity index (χ3v) is 4.57. The molecule has 2 heterocycles. The van der Waals surface area contributed by atoms with E-state index in [-0.39, 0.29) is 22.9 Å². The molecule has 1 fully saturated rings. The van der Waals surface area contributed by atoms with Crippen LogP contribution in [0.15, 0.2) is 30.6 Å². The van der Waals surface area contributed by atoms with E-state index in [1.807, 2.05) is 0 Å². The molecule has 10 nitrogen and oxygen atoms in total. The summed E-state index contributed by atoms with van der Waals surface area (Å²) in [5, 5.41) is 14.5. The Bertz CT molecular complexity index is 857. The van der Waals surface area contributed by atoms with Gasteiger partial charge in [0, 0.05) is 18.7 Å². The molecule has 1 amide bonds. The molecule has 0 aliphatic carbocycles. The lowest BCUT2D eigenvalue weighted by Crippen LogP contribution is -2.34. The molecule has 0 unspecified atom stereocenters. The van der Waals surface area contributed by atoms with Gasteiger partial charge in [0.05, 0.1) is 4.92 Å². The zero-order valence-electron chi connectivity index (χ0n) is 15.7. The first-order chi connectivity index (χ1) is 14.0. The molecule has 1 aliphatic heterocycles. The summed E-state index contributed by atoms with van der Waals surface area (Å²) in [6.45, 7) is 3.30. The molecule has 3 N–H and O–H groups in total. The molecule has 29 heavy (non-hydrogen) atoms. The van der Waals surface area contributed by atoms with Gasteiger partial charge in [-0.25, -0.2) is 14.4 Å². The number of amides is 1. The van der Waals surface area contributed by atoms with Crippen molar-refractivity contribution in [2.24, 2.45) is 0 Å². The van der Waals surface area contributed by atoms with Gasteiger partial charge in [-0.15, -0.1) is 0 Å². The Morgan fingerprint density at radius 2 is 1.83 bits per heavy atom. The fourth-order valence-corrected chi connectivity index (χ4v) is 3.08. The normalized spacial score (nSPS) is 14.2. The van der Waals surface area contributed by atoms with Crippen molar-refractivity contribution in [3.05, 3.63) is 52.1 Å². The van der Waals surface area contributed by atoms with Gasteiger partial charge in [0.25, 0.3) is 5.91 Å². The van der Waals surface area contributed by atoms with Crippen LogP contribution >= 0.6 is 0 Å². The summed E-state index contributed by atoms with van der Waals surface area (Å²) >= 11 is 0. The topological polar surface area (TPSA) is 125 Å². The number of nitrogens with one attached hydrogen (secondary N) is 3. The lowest BCUT2D eigenvalue weighted by Gasteiger charge is -2.26. The van der Waals surface area contributed by atoms with Crippen molar-refractivity contribution in [2.75, 3.05) is 36.9 Å². The van der Waals surface area contributed by atoms with Gasteiger partial charge in [0.15, 0.2) is 0 Å². The Balaban J connectivity index is 1.63. The second-order valence-corrected chi connectivity index (χ2v) is 6.59. The van der Waals surface area contributed by atoms with Crippen LogP contribution in [-0.2, 0) is 0 Å². The van der Waals surface area contributed by atoms with Crippen molar-refractivity contribution in [1.29, 1.82) is 0 Å². The Labute approximate surface area is 166 Å². The predicted octanol–water partition coefficient (Wildman–Crippen LogP) is 2.18. The van der Waals surface area contributed by atoms with Gasteiger partial charge in [0.1, 0.15) is 12.1 Å². The summed E-state index contributed by atoms with van der Waals surface area (Å²) in [5.74, 6) is -1.14. The van der Waals surface area contributed by atoms with Crippen molar-refractivity contribution in [3.63, 3.8) is 0 Å². The first-order valence-electron chi connectivity index (χ1n) is 9.32. The Hall–Kier alpha value is -3.34. The first-order valence-corrected chi connectivity index (χ1v) is 9.32. The van der Waals surface area contributed by atoms with E-state index < -0.39 is 16.6 Å². The van der Waals surface area contributed by atoms with Crippen LogP contribution in [0.3, 0.4) is 0 Å². The highest BCUT2D eigenvalue weighted by Crippen LogP contribution is 2.28. The molecule has 2 aromatic rings. The lowest BCUT2D eigenvalue weighted by molar-refractivity contribution is -0.383. The standard InChI is InChI=1S/C18H22FN7O3/c19-14-6-4-13(5-7-14)18(27)24-23-17-15(26(28)29)16(21-12-22-17)20-8-11-25-9-2-1-3-10-25/h4-7,12H,1-3,8-11H2,(H,24,27)(H2,20,21,22,23). The van der Waals surface area contributed by atoms with E-state index in [4.69, 9.17) is 0 Å². The van der Waals surface area contributed by atoms with Crippen LogP contribution in [0, 0.1) is 15.9 Å². The number of benzene rings is 1. The average molecular weight is 403 g/mol. The maximum absolute atomic E-state index is 13.0. The SMILES string of the molecule is O=C(NNc1ncnc(NCCN2CCCCC2)c1[N+](=O)[O-])c1ccc(F)cc1. The van der Waals surface area contributed by atoms with Crippen LogP contribution in [-0.4, -0.2) is 51.9 Å². The number of nitro groups is 1. The largest absolute Gasteiger partial charge is 0.363 e. The van der Waals surface area contributed by atoms with E-state index in [2.05, 4.69) is 31.0 Å². The lowest BCUT2D eigenvalue weighted by atomic mass is 10.1. The smallest absolute Gasteiger partial charge is 0.354 e. The van der Waals surface area contributed by atoms with Crippen LogP contribution in [0.1, 0.15) is 29.6 Å². The van der Waals surface area contributed by atoms with Crippen molar-refractivity contribution in [2.45, 2.75) is 19.3 Å². The number of aromatic nitrogens is 2. The monoisotopic (exact) mass is 403 g/mol. The van der Waals surface area contributed by atoms with E-state index in [9.17, 15) is 19.3 Å². The zero-order chi connectivity index (χ0) is 20.6. The van der Waals surface area contributed by atoms with Gasteiger partial charge < -0.3 is 10.2 Å². The van der Waals surface area contributed by atoms with Gasteiger partial charge >= 0.3 is 5.69 Å². The van der Waals surface area contributed by atoms with E-state index in [1.165, 1.54) is 24.9 Å². The molecular formula is C18H22FN7O3. The molecule has 0 atom stereocenters. The third kappa shape index (κ3) is 5.57. The van der Waals surface area contributed by atoms with Crippen LogP contribution < -0.4 is 16.2 Å². The number of piperidine rings is 1. The average Bonchev–Trinajstić information content (AvgIpc) is 2.73. The summed E-state index contributed by atoms with van der Waals surface area (Å²) in [6, 6.07) is 4.89. The zero-order valence-corrected chi connectivity index (χ0v) is 15.7. The van der Waals surface area contributed by atoms with Crippen molar-refractivity contribution < 1.29 is 14.1 Å². The van der Waals surface area contributed by atoms with E-state index >= 15 is 0 Å². The van der Waals surface area contributed by atoms with Crippen LogP contribution in [0.5, 0.6) is 0 Å². The van der Waals surface area contributed by atoms with Crippen LogP contribution in [0.2, 0.25) is 0 Å². The number of hydrazine groups is 1. The molecule has 154 valence electrons. The molecule has 0 saturated carbocycles. The number of halogens is 1. The summed E-state index contributed by atoms with van der Waals surface area (Å²) in [7, 11) is 0. The van der Waals surface area contributed by atoms with Gasteiger partial charge in [-0.2, -0.15) is 0 Å². The van der Waals surface area contributed by atoms with E-state index in [1.54, 1.807) is 0 Å². The molecule has 0 bridgehead atoms. The van der Waals surface area contributed by atoms with Crippen molar-refractivity contribution in [3.8, 4) is 0 Å².